The van der Waals surface area contributed by atoms with E-state index in [1.165, 1.54) is 4.90 Å². The number of carboxylic acid groups (broad SMARTS) is 1. The topological polar surface area (TPSA) is 66.8 Å². The molecular weight excluding hydrogens is 402 g/mol. The summed E-state index contributed by atoms with van der Waals surface area (Å²) >= 11 is 0. The van der Waals surface area contributed by atoms with E-state index in [0.29, 0.717) is 13.0 Å². The average Bonchev–Trinajstić information content (AvgIpc) is 3.38. The first-order chi connectivity index (χ1) is 15.6. The van der Waals surface area contributed by atoms with Gasteiger partial charge in [0.2, 0.25) is 0 Å². The number of carboxylic acids is 1. The summed E-state index contributed by atoms with van der Waals surface area (Å²) in [5, 5.41) is 9.71. The second-order valence-electron chi connectivity index (χ2n) is 8.60. The van der Waals surface area contributed by atoms with Crippen molar-refractivity contribution in [3.05, 3.63) is 95.6 Å². The Kier molecular flexibility index (Phi) is 5.39. The molecule has 2 atom stereocenters. The summed E-state index contributed by atoms with van der Waals surface area (Å²) in [6.07, 6.45) is 0.640. The van der Waals surface area contributed by atoms with Gasteiger partial charge in [-0.05, 0) is 46.6 Å². The van der Waals surface area contributed by atoms with Crippen LogP contribution < -0.4 is 0 Å². The van der Waals surface area contributed by atoms with Crippen molar-refractivity contribution in [2.45, 2.75) is 24.8 Å². The van der Waals surface area contributed by atoms with E-state index in [4.69, 9.17) is 4.74 Å². The van der Waals surface area contributed by atoms with Crippen LogP contribution in [0.15, 0.2) is 78.9 Å². The summed E-state index contributed by atoms with van der Waals surface area (Å²) in [4.78, 5) is 26.2. The number of carbonyl (C=O) groups excluding carboxylic acids is 1. The minimum Gasteiger partial charge on any atom is -0.480 e. The fourth-order valence-corrected chi connectivity index (χ4v) is 5.13. The van der Waals surface area contributed by atoms with Crippen molar-refractivity contribution >= 4 is 12.1 Å². The van der Waals surface area contributed by atoms with E-state index in [1.54, 1.807) is 0 Å². The van der Waals surface area contributed by atoms with Crippen molar-refractivity contribution in [3.8, 4) is 11.1 Å². The van der Waals surface area contributed by atoms with Gasteiger partial charge in [-0.2, -0.15) is 0 Å². The molecule has 2 aliphatic rings. The van der Waals surface area contributed by atoms with Gasteiger partial charge in [0.25, 0.3) is 0 Å². The van der Waals surface area contributed by atoms with Crippen LogP contribution in [0.3, 0.4) is 0 Å². The van der Waals surface area contributed by atoms with Gasteiger partial charge in [0.1, 0.15) is 12.6 Å². The highest BCUT2D eigenvalue weighted by Gasteiger charge is 2.41. The van der Waals surface area contributed by atoms with Crippen LogP contribution in [0.2, 0.25) is 0 Å². The lowest BCUT2D eigenvalue weighted by atomic mass is 9.97. The van der Waals surface area contributed by atoms with Crippen LogP contribution in [0.5, 0.6) is 0 Å². The third-order valence-electron chi connectivity index (χ3n) is 6.61. The quantitative estimate of drug-likeness (QED) is 0.625. The van der Waals surface area contributed by atoms with Crippen LogP contribution in [0.1, 0.15) is 29.0 Å². The number of ether oxygens (including phenoxy) is 1. The molecule has 5 nitrogen and oxygen atoms in total. The van der Waals surface area contributed by atoms with Crippen molar-refractivity contribution in [2.75, 3.05) is 13.2 Å². The monoisotopic (exact) mass is 427 g/mol. The Morgan fingerprint density at radius 3 is 2.09 bits per heavy atom. The summed E-state index contributed by atoms with van der Waals surface area (Å²) in [7, 11) is 0. The predicted octanol–water partition coefficient (Wildman–Crippen LogP) is 4.95. The van der Waals surface area contributed by atoms with Gasteiger partial charge in [-0.3, -0.25) is 4.90 Å². The lowest BCUT2D eigenvalue weighted by Crippen LogP contribution is -2.41. The zero-order valence-electron chi connectivity index (χ0n) is 17.7. The summed E-state index contributed by atoms with van der Waals surface area (Å²) in [5.74, 6) is -0.926. The zero-order valence-corrected chi connectivity index (χ0v) is 17.7. The Morgan fingerprint density at radius 2 is 1.47 bits per heavy atom. The Morgan fingerprint density at radius 1 is 0.875 bits per heavy atom. The standard InChI is InChI=1S/C27H25NO4/c29-26(30)25-15-19(14-18-8-2-1-3-9-18)16-28(25)27(31)32-17-24-22-12-6-4-10-20(22)21-11-5-7-13-23(21)24/h1-13,19,24-25H,14-17H2,(H,29,30)/t19-,25+/m0/s1. The molecule has 0 spiro atoms. The Labute approximate surface area is 187 Å². The summed E-state index contributed by atoms with van der Waals surface area (Å²) < 4.78 is 5.73. The van der Waals surface area contributed by atoms with Crippen molar-refractivity contribution in [2.24, 2.45) is 5.92 Å². The lowest BCUT2D eigenvalue weighted by molar-refractivity contribution is -0.141. The number of likely N-dealkylation sites (tertiary alicyclic amines) is 1. The minimum absolute atomic E-state index is 0.0441. The smallest absolute Gasteiger partial charge is 0.410 e. The SMILES string of the molecule is O=C(O)[C@H]1C[C@H](Cc2ccccc2)CN1C(=O)OCC1c2ccccc2-c2ccccc21. The van der Waals surface area contributed by atoms with Gasteiger partial charge >= 0.3 is 12.1 Å². The Hall–Kier alpha value is -3.60. The number of hydrogen-bond donors (Lipinski definition) is 1. The van der Waals surface area contributed by atoms with Gasteiger partial charge in [-0.1, -0.05) is 78.9 Å². The largest absolute Gasteiger partial charge is 0.480 e. The molecule has 1 N–H and O–H groups in total. The van der Waals surface area contributed by atoms with Gasteiger partial charge in [0.05, 0.1) is 0 Å². The maximum absolute atomic E-state index is 13.0. The number of hydrogen-bond acceptors (Lipinski definition) is 3. The molecule has 3 aromatic carbocycles. The van der Waals surface area contributed by atoms with Crippen molar-refractivity contribution in [3.63, 3.8) is 0 Å². The highest BCUT2D eigenvalue weighted by molar-refractivity contribution is 5.81. The lowest BCUT2D eigenvalue weighted by Gasteiger charge is -2.22. The van der Waals surface area contributed by atoms with Crippen LogP contribution >= 0.6 is 0 Å². The number of rotatable bonds is 5. The normalized spacial score (nSPS) is 19.4. The number of benzene rings is 3. The highest BCUT2D eigenvalue weighted by atomic mass is 16.6. The third-order valence-corrected chi connectivity index (χ3v) is 6.61. The molecule has 1 amide bonds. The van der Waals surface area contributed by atoms with Crippen molar-refractivity contribution in [1.82, 2.24) is 4.90 Å². The van der Waals surface area contributed by atoms with E-state index in [1.807, 2.05) is 54.6 Å². The summed E-state index contributed by atoms with van der Waals surface area (Å²) in [5.41, 5.74) is 5.75. The maximum Gasteiger partial charge on any atom is 0.410 e. The molecule has 5 heteroatoms. The molecule has 0 unspecified atom stereocenters. The fraction of sp³-hybridized carbons (Fsp3) is 0.259. The second-order valence-corrected chi connectivity index (χ2v) is 8.60. The molecule has 0 saturated carbocycles. The highest BCUT2D eigenvalue weighted by Crippen LogP contribution is 2.44. The average molecular weight is 428 g/mol. The molecule has 1 fully saturated rings. The molecule has 1 heterocycles. The van der Waals surface area contributed by atoms with Crippen LogP contribution in [0, 0.1) is 5.92 Å². The van der Waals surface area contributed by atoms with Gasteiger partial charge in [0.15, 0.2) is 0 Å². The summed E-state index contributed by atoms with van der Waals surface area (Å²) in [6.45, 7) is 0.585. The van der Waals surface area contributed by atoms with Gasteiger partial charge < -0.3 is 9.84 Å². The first kappa shape index (κ1) is 20.3. The van der Waals surface area contributed by atoms with Gasteiger partial charge in [0, 0.05) is 12.5 Å². The molecule has 1 aliphatic carbocycles. The molecule has 0 radical (unpaired) electrons. The molecule has 32 heavy (non-hydrogen) atoms. The second kappa shape index (κ2) is 8.50. The molecule has 3 aromatic rings. The number of aliphatic carboxylic acids is 1. The van der Waals surface area contributed by atoms with Crippen molar-refractivity contribution < 1.29 is 19.4 Å². The number of nitrogens with zero attached hydrogens (tertiary/aromatic N) is 1. The van der Waals surface area contributed by atoms with Crippen LogP contribution in [-0.4, -0.2) is 41.3 Å². The predicted molar refractivity (Wildman–Crippen MR) is 121 cm³/mol. The van der Waals surface area contributed by atoms with E-state index in [0.717, 1.165) is 34.2 Å². The zero-order chi connectivity index (χ0) is 22.1. The van der Waals surface area contributed by atoms with Crippen LogP contribution in [-0.2, 0) is 16.0 Å². The van der Waals surface area contributed by atoms with E-state index < -0.39 is 18.1 Å². The van der Waals surface area contributed by atoms with Crippen LogP contribution in [0.25, 0.3) is 11.1 Å². The van der Waals surface area contributed by atoms with Gasteiger partial charge in [-0.15, -0.1) is 0 Å². The third kappa shape index (κ3) is 3.75. The molecular formula is C27H25NO4. The van der Waals surface area contributed by atoms with Crippen molar-refractivity contribution in [1.29, 1.82) is 0 Å². The van der Waals surface area contributed by atoms with Gasteiger partial charge in [-0.25, -0.2) is 9.59 Å². The minimum atomic E-state index is -0.978. The number of carbonyl (C=O) groups is 2. The Balaban J connectivity index is 1.30. The molecule has 1 saturated heterocycles. The van der Waals surface area contributed by atoms with E-state index >= 15 is 0 Å². The van der Waals surface area contributed by atoms with E-state index in [9.17, 15) is 14.7 Å². The molecule has 5 rings (SSSR count). The number of fused-ring (bicyclic) bond motifs is 3. The first-order valence-corrected chi connectivity index (χ1v) is 11.0. The van der Waals surface area contributed by atoms with Crippen LogP contribution in [0.4, 0.5) is 4.79 Å². The first-order valence-electron chi connectivity index (χ1n) is 11.0. The molecule has 0 aromatic heterocycles. The maximum atomic E-state index is 13.0. The Bertz CT molecular complexity index is 1100. The molecule has 0 bridgehead atoms. The number of amides is 1. The summed E-state index contributed by atoms with van der Waals surface area (Å²) in [6, 6.07) is 25.5. The fourth-order valence-electron chi connectivity index (χ4n) is 5.13. The molecule has 1 aliphatic heterocycles. The molecule has 162 valence electrons. The van der Waals surface area contributed by atoms with E-state index in [2.05, 4.69) is 24.3 Å². The van der Waals surface area contributed by atoms with E-state index in [-0.39, 0.29) is 18.4 Å².